The highest BCUT2D eigenvalue weighted by Gasteiger charge is 2.33. The van der Waals surface area contributed by atoms with Gasteiger partial charge in [-0.15, -0.1) is 0 Å². The SMILES string of the molecule is CC(C)c1ccc(S(=O)(=O)N2CC[NH+](CC(=O)N3C[C@@H](C)O[C@@H](C)C3)CC2)cc1. The fourth-order valence-corrected chi connectivity index (χ4v) is 5.54. The molecular weight excluding hydrogens is 390 g/mol. The fraction of sp³-hybridized carbons (Fsp3) is 0.667. The number of nitrogens with one attached hydrogen (secondary N) is 1. The number of hydrogen-bond donors (Lipinski definition) is 1. The first-order valence-electron chi connectivity index (χ1n) is 10.5. The summed E-state index contributed by atoms with van der Waals surface area (Å²) in [6.07, 6.45) is 0.114. The first-order chi connectivity index (χ1) is 13.7. The van der Waals surface area contributed by atoms with E-state index >= 15 is 0 Å². The van der Waals surface area contributed by atoms with Crippen LogP contribution >= 0.6 is 0 Å². The zero-order chi connectivity index (χ0) is 21.2. The van der Waals surface area contributed by atoms with Crippen molar-refractivity contribution < 1.29 is 22.8 Å². The van der Waals surface area contributed by atoms with Crippen molar-refractivity contribution in [3.63, 3.8) is 0 Å². The highest BCUT2D eigenvalue weighted by Crippen LogP contribution is 2.20. The van der Waals surface area contributed by atoms with E-state index in [0.29, 0.717) is 56.6 Å². The van der Waals surface area contributed by atoms with E-state index in [0.717, 1.165) is 10.5 Å². The molecule has 2 heterocycles. The Hall–Kier alpha value is -1.48. The van der Waals surface area contributed by atoms with E-state index in [2.05, 4.69) is 13.8 Å². The highest BCUT2D eigenvalue weighted by atomic mass is 32.2. The summed E-state index contributed by atoms with van der Waals surface area (Å²) >= 11 is 0. The van der Waals surface area contributed by atoms with Gasteiger partial charge in [0.05, 0.1) is 43.3 Å². The van der Waals surface area contributed by atoms with Crippen molar-refractivity contribution in [3.8, 4) is 0 Å². The molecule has 2 aliphatic rings. The van der Waals surface area contributed by atoms with E-state index in [-0.39, 0.29) is 18.1 Å². The Bertz CT molecular complexity index is 792. The average Bonchev–Trinajstić information content (AvgIpc) is 2.67. The van der Waals surface area contributed by atoms with Crippen LogP contribution in [0.25, 0.3) is 0 Å². The van der Waals surface area contributed by atoms with Crippen LogP contribution in [-0.2, 0) is 19.6 Å². The Kier molecular flexibility index (Phi) is 6.98. The normalized spacial score (nSPS) is 24.8. The number of quaternary nitrogens is 1. The predicted octanol–water partition coefficient (Wildman–Crippen LogP) is 0.335. The third-order valence-electron chi connectivity index (χ3n) is 5.79. The molecule has 2 saturated heterocycles. The summed E-state index contributed by atoms with van der Waals surface area (Å²) in [6.45, 7) is 12.0. The fourth-order valence-electron chi connectivity index (χ4n) is 4.10. The molecule has 29 heavy (non-hydrogen) atoms. The quantitative estimate of drug-likeness (QED) is 0.740. The van der Waals surface area contributed by atoms with E-state index in [9.17, 15) is 13.2 Å². The summed E-state index contributed by atoms with van der Waals surface area (Å²) in [7, 11) is -3.48. The lowest BCUT2D eigenvalue weighted by Gasteiger charge is -2.37. The number of rotatable bonds is 5. The number of piperazine rings is 1. The molecule has 1 aromatic carbocycles. The van der Waals surface area contributed by atoms with Crippen LogP contribution in [0.5, 0.6) is 0 Å². The van der Waals surface area contributed by atoms with Crippen LogP contribution in [0.2, 0.25) is 0 Å². The van der Waals surface area contributed by atoms with E-state index < -0.39 is 10.0 Å². The summed E-state index contributed by atoms with van der Waals surface area (Å²) < 4.78 is 33.1. The van der Waals surface area contributed by atoms with Crippen LogP contribution in [0, 0.1) is 0 Å². The van der Waals surface area contributed by atoms with Gasteiger partial charge < -0.3 is 14.5 Å². The third kappa shape index (κ3) is 5.36. The van der Waals surface area contributed by atoms with Gasteiger partial charge in [-0.2, -0.15) is 4.31 Å². The molecule has 0 aromatic heterocycles. The standard InChI is InChI=1S/C21H33N3O4S/c1-16(2)19-5-7-20(8-6-19)29(26,27)24-11-9-22(10-12-24)15-21(25)23-13-17(3)28-18(4)14-23/h5-8,16-18H,9-15H2,1-4H3/p+1/t17-,18+. The summed E-state index contributed by atoms with van der Waals surface area (Å²) in [6, 6.07) is 7.19. The smallest absolute Gasteiger partial charge is 0.277 e. The Morgan fingerprint density at radius 2 is 1.66 bits per heavy atom. The van der Waals surface area contributed by atoms with Gasteiger partial charge in [0.2, 0.25) is 10.0 Å². The number of amides is 1. The number of ether oxygens (including phenoxy) is 1. The Morgan fingerprint density at radius 3 is 2.17 bits per heavy atom. The van der Waals surface area contributed by atoms with Crippen molar-refractivity contribution in [2.45, 2.75) is 50.7 Å². The summed E-state index contributed by atoms with van der Waals surface area (Å²) in [5.41, 5.74) is 1.13. The maximum Gasteiger partial charge on any atom is 0.277 e. The minimum Gasteiger partial charge on any atom is -0.372 e. The second-order valence-electron chi connectivity index (χ2n) is 8.61. The predicted molar refractivity (Wildman–Crippen MR) is 111 cm³/mol. The van der Waals surface area contributed by atoms with E-state index in [4.69, 9.17) is 4.74 Å². The average molecular weight is 425 g/mol. The first kappa shape index (κ1) is 22.2. The van der Waals surface area contributed by atoms with Crippen molar-refractivity contribution >= 4 is 15.9 Å². The lowest BCUT2D eigenvalue weighted by molar-refractivity contribution is -0.896. The van der Waals surface area contributed by atoms with Gasteiger partial charge in [0.25, 0.3) is 5.91 Å². The van der Waals surface area contributed by atoms with Gasteiger partial charge in [0, 0.05) is 13.1 Å². The Balaban J connectivity index is 1.55. The molecule has 1 N–H and O–H groups in total. The molecular formula is C21H34N3O4S+. The molecule has 0 unspecified atom stereocenters. The number of sulfonamides is 1. The van der Waals surface area contributed by atoms with Gasteiger partial charge in [0.15, 0.2) is 6.54 Å². The van der Waals surface area contributed by atoms with Gasteiger partial charge >= 0.3 is 0 Å². The first-order valence-corrected chi connectivity index (χ1v) is 12.0. The van der Waals surface area contributed by atoms with Gasteiger partial charge in [-0.3, -0.25) is 4.79 Å². The summed E-state index contributed by atoms with van der Waals surface area (Å²) in [5.74, 6) is 0.497. The number of morpholine rings is 1. The maximum absolute atomic E-state index is 12.9. The molecule has 2 atom stereocenters. The second-order valence-corrected chi connectivity index (χ2v) is 10.5. The minimum absolute atomic E-state index is 0.0572. The third-order valence-corrected chi connectivity index (χ3v) is 7.70. The minimum atomic E-state index is -3.48. The van der Waals surface area contributed by atoms with Gasteiger partial charge in [-0.25, -0.2) is 8.42 Å². The molecule has 7 nitrogen and oxygen atoms in total. The van der Waals surface area contributed by atoms with Crippen LogP contribution in [0.1, 0.15) is 39.2 Å². The molecule has 3 rings (SSSR count). The molecule has 0 saturated carbocycles. The van der Waals surface area contributed by atoms with Crippen LogP contribution in [-0.4, -0.2) is 81.6 Å². The van der Waals surface area contributed by atoms with E-state index in [1.165, 1.54) is 0 Å². The number of carbonyl (C=O) groups is 1. The number of benzene rings is 1. The van der Waals surface area contributed by atoms with Crippen molar-refractivity contribution in [2.75, 3.05) is 45.8 Å². The van der Waals surface area contributed by atoms with Crippen molar-refractivity contribution in [1.29, 1.82) is 0 Å². The molecule has 2 aliphatic heterocycles. The summed E-state index contributed by atoms with van der Waals surface area (Å²) in [5, 5.41) is 0. The molecule has 0 aliphatic carbocycles. The maximum atomic E-state index is 12.9. The molecule has 0 bridgehead atoms. The van der Waals surface area contributed by atoms with Crippen LogP contribution in [0.3, 0.4) is 0 Å². The van der Waals surface area contributed by atoms with Crippen molar-refractivity contribution in [3.05, 3.63) is 29.8 Å². The van der Waals surface area contributed by atoms with Crippen LogP contribution < -0.4 is 4.90 Å². The number of hydrogen-bond acceptors (Lipinski definition) is 4. The van der Waals surface area contributed by atoms with Crippen molar-refractivity contribution in [2.24, 2.45) is 0 Å². The number of nitrogens with zero attached hydrogens (tertiary/aromatic N) is 2. The van der Waals surface area contributed by atoms with Gasteiger partial charge in [-0.1, -0.05) is 26.0 Å². The largest absolute Gasteiger partial charge is 0.372 e. The zero-order valence-electron chi connectivity index (χ0n) is 17.9. The lowest BCUT2D eigenvalue weighted by Crippen LogP contribution is -3.15. The number of carbonyl (C=O) groups excluding carboxylic acids is 1. The topological polar surface area (TPSA) is 71.4 Å². The second kappa shape index (κ2) is 9.12. The lowest BCUT2D eigenvalue weighted by atomic mass is 10.0. The molecule has 0 spiro atoms. The Morgan fingerprint density at radius 1 is 1.10 bits per heavy atom. The Labute approximate surface area is 174 Å². The van der Waals surface area contributed by atoms with Gasteiger partial charge in [0.1, 0.15) is 0 Å². The van der Waals surface area contributed by atoms with Gasteiger partial charge in [-0.05, 0) is 37.5 Å². The molecule has 2 fully saturated rings. The summed E-state index contributed by atoms with van der Waals surface area (Å²) in [4.78, 5) is 16.0. The molecule has 8 heteroatoms. The molecule has 1 amide bonds. The molecule has 0 radical (unpaired) electrons. The highest BCUT2D eigenvalue weighted by molar-refractivity contribution is 7.89. The van der Waals surface area contributed by atoms with Crippen molar-refractivity contribution in [1.82, 2.24) is 9.21 Å². The van der Waals surface area contributed by atoms with Crippen LogP contribution in [0.4, 0.5) is 0 Å². The monoisotopic (exact) mass is 424 g/mol. The van der Waals surface area contributed by atoms with E-state index in [1.54, 1.807) is 16.4 Å². The zero-order valence-corrected chi connectivity index (χ0v) is 18.7. The van der Waals surface area contributed by atoms with E-state index in [1.807, 2.05) is 30.9 Å². The van der Waals surface area contributed by atoms with Crippen LogP contribution in [0.15, 0.2) is 29.2 Å². The molecule has 162 valence electrons. The molecule has 1 aromatic rings.